The van der Waals surface area contributed by atoms with Gasteiger partial charge in [0.2, 0.25) is 0 Å². The Morgan fingerprint density at radius 1 is 1.47 bits per heavy atom. The molecule has 1 aliphatic heterocycles. The summed E-state index contributed by atoms with van der Waals surface area (Å²) in [7, 11) is 0. The first-order valence-corrected chi connectivity index (χ1v) is 6.13. The van der Waals surface area contributed by atoms with Gasteiger partial charge in [0, 0.05) is 18.4 Å². The van der Waals surface area contributed by atoms with Crippen molar-refractivity contribution < 1.29 is 0 Å². The lowest BCUT2D eigenvalue weighted by atomic mass is 9.98. The van der Waals surface area contributed by atoms with E-state index in [9.17, 15) is 0 Å². The Morgan fingerprint density at radius 2 is 2.27 bits per heavy atom. The van der Waals surface area contributed by atoms with Crippen LogP contribution in [0.4, 0.5) is 5.69 Å². The average Bonchev–Trinajstić information content (AvgIpc) is 2.35. The average molecular weight is 220 g/mol. The van der Waals surface area contributed by atoms with Crippen molar-refractivity contribution in [2.24, 2.45) is 5.92 Å². The van der Waals surface area contributed by atoms with Crippen LogP contribution >= 0.6 is 11.8 Å². The van der Waals surface area contributed by atoms with Crippen molar-refractivity contribution in [1.82, 2.24) is 4.98 Å². The molecule has 15 heavy (non-hydrogen) atoms. The van der Waals surface area contributed by atoms with E-state index in [1.165, 1.54) is 16.2 Å². The van der Waals surface area contributed by atoms with Crippen LogP contribution in [0.1, 0.15) is 20.8 Å². The third-order valence-corrected chi connectivity index (χ3v) is 3.61. The Kier molecular flexibility index (Phi) is 3.00. The summed E-state index contributed by atoms with van der Waals surface area (Å²) in [6.45, 7) is 6.68. The van der Waals surface area contributed by atoms with Crippen LogP contribution in [0, 0.1) is 5.92 Å². The molecule has 0 radical (unpaired) electrons. The van der Waals surface area contributed by atoms with Crippen LogP contribution in [0.2, 0.25) is 0 Å². The van der Waals surface area contributed by atoms with Crippen molar-refractivity contribution in [3.63, 3.8) is 0 Å². The maximum Gasteiger partial charge on any atom is 0.0531 e. The summed E-state index contributed by atoms with van der Waals surface area (Å²) in [5.41, 5.74) is 2.64. The second-order valence-electron chi connectivity index (χ2n) is 4.13. The minimum atomic E-state index is 0.404. The minimum absolute atomic E-state index is 0.404. The van der Waals surface area contributed by atoms with Crippen molar-refractivity contribution in [2.75, 3.05) is 5.32 Å². The topological polar surface area (TPSA) is 24.9 Å². The van der Waals surface area contributed by atoms with Gasteiger partial charge in [-0.2, -0.15) is 0 Å². The minimum Gasteiger partial charge on any atom is -0.378 e. The van der Waals surface area contributed by atoms with E-state index in [0.717, 1.165) is 0 Å². The van der Waals surface area contributed by atoms with Gasteiger partial charge in [-0.05, 0) is 29.9 Å². The molecule has 1 unspecified atom stereocenters. The number of nitrogens with zero attached hydrogens (tertiary/aromatic N) is 1. The number of fused-ring (bicyclic) bond motifs is 1. The number of thioether (sulfide) groups is 1. The highest BCUT2D eigenvalue weighted by Crippen LogP contribution is 2.34. The molecule has 2 heterocycles. The van der Waals surface area contributed by atoms with Crippen LogP contribution in [0.25, 0.3) is 0 Å². The molecule has 2 rings (SSSR count). The molecule has 0 saturated carbocycles. The molecule has 1 aromatic rings. The number of aromatic nitrogens is 1. The summed E-state index contributed by atoms with van der Waals surface area (Å²) < 4.78 is 0. The fraction of sp³-hybridized carbons (Fsp3) is 0.417. The Labute approximate surface area is 95.2 Å². The molecule has 0 aliphatic carbocycles. The van der Waals surface area contributed by atoms with E-state index in [2.05, 4.69) is 36.5 Å². The number of hydrogen-bond donors (Lipinski definition) is 1. The summed E-state index contributed by atoms with van der Waals surface area (Å²) in [6, 6.07) is 2.44. The van der Waals surface area contributed by atoms with E-state index >= 15 is 0 Å². The number of rotatable bonds is 1. The van der Waals surface area contributed by atoms with Crippen LogP contribution in [-0.2, 0) is 0 Å². The second-order valence-corrected chi connectivity index (χ2v) is 5.04. The fourth-order valence-corrected chi connectivity index (χ4v) is 2.89. The number of anilines is 1. The van der Waals surface area contributed by atoms with E-state index in [1.807, 2.05) is 18.5 Å². The molecule has 2 nitrogen and oxygen atoms in total. The second kappa shape index (κ2) is 4.27. The van der Waals surface area contributed by atoms with Gasteiger partial charge in [0.25, 0.3) is 0 Å². The van der Waals surface area contributed by atoms with Crippen molar-refractivity contribution in [3.05, 3.63) is 29.4 Å². The van der Waals surface area contributed by atoms with E-state index in [0.29, 0.717) is 12.0 Å². The molecule has 80 valence electrons. The molecule has 0 amide bonds. The van der Waals surface area contributed by atoms with Gasteiger partial charge in [-0.25, -0.2) is 0 Å². The normalized spacial score (nSPS) is 20.3. The molecule has 0 bridgehead atoms. The first kappa shape index (κ1) is 10.6. The third kappa shape index (κ3) is 2.17. The van der Waals surface area contributed by atoms with Crippen molar-refractivity contribution in [2.45, 2.75) is 31.7 Å². The van der Waals surface area contributed by atoms with Crippen molar-refractivity contribution >= 4 is 17.4 Å². The molecule has 3 heteroatoms. The molecule has 0 fully saturated rings. The fourth-order valence-electron chi connectivity index (χ4n) is 1.78. The highest BCUT2D eigenvalue weighted by molar-refractivity contribution is 8.02. The van der Waals surface area contributed by atoms with Gasteiger partial charge in [-0.15, -0.1) is 0 Å². The molecular formula is C12H16N2S. The molecular weight excluding hydrogens is 204 g/mol. The summed E-state index contributed by atoms with van der Waals surface area (Å²) in [5.74, 6) is 0.585. The van der Waals surface area contributed by atoms with Crippen molar-refractivity contribution in [1.29, 1.82) is 0 Å². The smallest absolute Gasteiger partial charge is 0.0531 e. The molecule has 1 aliphatic rings. The molecule has 0 aromatic carbocycles. The Bertz CT molecular complexity index is 385. The van der Waals surface area contributed by atoms with E-state index in [-0.39, 0.29) is 0 Å². The highest BCUT2D eigenvalue weighted by Gasteiger charge is 2.17. The van der Waals surface area contributed by atoms with Gasteiger partial charge in [0.1, 0.15) is 0 Å². The van der Waals surface area contributed by atoms with Gasteiger partial charge in [-0.3, -0.25) is 4.98 Å². The molecule has 1 N–H and O–H groups in total. The maximum absolute atomic E-state index is 4.14. The zero-order chi connectivity index (χ0) is 10.8. The number of hydrogen-bond acceptors (Lipinski definition) is 3. The highest BCUT2D eigenvalue weighted by atomic mass is 32.2. The lowest BCUT2D eigenvalue weighted by Crippen LogP contribution is -2.20. The lowest BCUT2D eigenvalue weighted by Gasteiger charge is -2.19. The lowest BCUT2D eigenvalue weighted by molar-refractivity contribution is 0.699. The largest absolute Gasteiger partial charge is 0.378 e. The van der Waals surface area contributed by atoms with Crippen LogP contribution in [0.5, 0.6) is 0 Å². The van der Waals surface area contributed by atoms with Crippen molar-refractivity contribution in [3.8, 4) is 0 Å². The van der Waals surface area contributed by atoms with Gasteiger partial charge in [0.15, 0.2) is 0 Å². The number of nitrogens with one attached hydrogen (secondary N) is 1. The molecule has 0 saturated heterocycles. The van der Waals surface area contributed by atoms with Crippen LogP contribution in [0.15, 0.2) is 34.3 Å². The van der Waals surface area contributed by atoms with Gasteiger partial charge in [-0.1, -0.05) is 25.6 Å². The molecule has 1 aromatic heterocycles. The molecule has 0 spiro atoms. The summed E-state index contributed by atoms with van der Waals surface area (Å²) in [5, 5.41) is 5.78. The summed E-state index contributed by atoms with van der Waals surface area (Å²) in [6.07, 6.45) is 3.75. The monoisotopic (exact) mass is 220 g/mol. The molecule has 1 atom stereocenters. The predicted molar refractivity (Wildman–Crippen MR) is 66.1 cm³/mol. The van der Waals surface area contributed by atoms with E-state index in [4.69, 9.17) is 0 Å². The van der Waals surface area contributed by atoms with E-state index in [1.54, 1.807) is 11.8 Å². The zero-order valence-electron chi connectivity index (χ0n) is 9.32. The first-order valence-electron chi connectivity index (χ1n) is 5.25. The van der Waals surface area contributed by atoms with Crippen LogP contribution < -0.4 is 5.32 Å². The Hall–Kier alpha value is -0.960. The first-order chi connectivity index (χ1) is 7.18. The Balaban J connectivity index is 2.32. The van der Waals surface area contributed by atoms with Crippen LogP contribution in [-0.4, -0.2) is 11.0 Å². The zero-order valence-corrected chi connectivity index (χ0v) is 10.1. The summed E-state index contributed by atoms with van der Waals surface area (Å²) in [4.78, 5) is 5.35. The maximum atomic E-state index is 4.14. The van der Waals surface area contributed by atoms with Gasteiger partial charge >= 0.3 is 0 Å². The van der Waals surface area contributed by atoms with Crippen LogP contribution in [0.3, 0.4) is 0 Å². The third-order valence-electron chi connectivity index (χ3n) is 2.65. The SMILES string of the molecule is CC(C)C1=CSc2cnccc2NC1C. The summed E-state index contributed by atoms with van der Waals surface area (Å²) >= 11 is 1.76. The predicted octanol–water partition coefficient (Wildman–Crippen LogP) is 3.53. The van der Waals surface area contributed by atoms with Gasteiger partial charge < -0.3 is 5.32 Å². The quantitative estimate of drug-likeness (QED) is 0.783. The Morgan fingerprint density at radius 3 is 3.00 bits per heavy atom. The van der Waals surface area contributed by atoms with E-state index < -0.39 is 0 Å². The number of pyridine rings is 1. The van der Waals surface area contributed by atoms with Gasteiger partial charge in [0.05, 0.1) is 10.6 Å². The standard InChI is InChI=1S/C12H16N2S/c1-8(2)10-7-15-12-6-13-5-4-11(12)14-9(10)3/h4-9,14H,1-3H3.